The molecule has 0 heterocycles. The molecule has 0 aromatic carbocycles. The van der Waals surface area contributed by atoms with E-state index in [9.17, 15) is 0 Å². The monoisotopic (exact) mass is 178 g/mol. The predicted octanol–water partition coefficient (Wildman–Crippen LogP) is 0.775. The largest absolute Gasteiger partial charge is 0.396 e. The molecule has 9 heavy (non-hydrogen) atoms. The molecular weight excluding hydrogens is 163 g/mol. The van der Waals surface area contributed by atoms with Crippen molar-refractivity contribution in [2.45, 2.75) is 26.7 Å². The summed E-state index contributed by atoms with van der Waals surface area (Å²) >= 11 is 0. The molecule has 0 saturated carbocycles. The molecule has 0 aliphatic heterocycles. The molecule has 0 amide bonds. The van der Waals surface area contributed by atoms with Gasteiger partial charge in [0.25, 0.3) is 0 Å². The van der Waals surface area contributed by atoms with E-state index in [4.69, 9.17) is 10.2 Å². The third kappa shape index (κ3) is 59.4. The van der Waals surface area contributed by atoms with Gasteiger partial charge in [-0.2, -0.15) is 0 Å². The molecule has 0 unspecified atom stereocenters. The maximum Gasteiger partial charge on any atom is 0.0428 e. The van der Waals surface area contributed by atoms with Crippen molar-refractivity contribution >= 4 is 0 Å². The standard InChI is InChI=1S/2C3H8O.Ni/c2*1-2-3-4;/h2*4H,2-3H2,1H3;. The molecule has 0 radical (unpaired) electrons. The third-order valence-corrected chi connectivity index (χ3v) is 0.447. The molecular formula is C6H16NiO2. The molecule has 0 fully saturated rings. The molecule has 62 valence electrons. The number of aliphatic hydroxyl groups excluding tert-OH is 2. The van der Waals surface area contributed by atoms with E-state index in [1.54, 1.807) is 0 Å². The van der Waals surface area contributed by atoms with Crippen molar-refractivity contribution in [1.29, 1.82) is 0 Å². The Balaban J connectivity index is -0.0000000720. The maximum absolute atomic E-state index is 7.88. The van der Waals surface area contributed by atoms with Gasteiger partial charge in [-0.3, -0.25) is 0 Å². The van der Waals surface area contributed by atoms with Gasteiger partial charge in [-0.25, -0.2) is 0 Å². The minimum absolute atomic E-state index is 0. The summed E-state index contributed by atoms with van der Waals surface area (Å²) in [4.78, 5) is 0. The van der Waals surface area contributed by atoms with Crippen molar-refractivity contribution in [2.75, 3.05) is 13.2 Å². The van der Waals surface area contributed by atoms with Crippen LogP contribution in [0.4, 0.5) is 0 Å². The molecule has 0 spiro atoms. The van der Waals surface area contributed by atoms with Gasteiger partial charge >= 0.3 is 0 Å². The molecule has 2 N–H and O–H groups in total. The second kappa shape index (κ2) is 23.7. The van der Waals surface area contributed by atoms with E-state index < -0.39 is 0 Å². The van der Waals surface area contributed by atoms with Crippen LogP contribution in [-0.4, -0.2) is 23.4 Å². The Hall–Kier alpha value is 0.414. The molecule has 0 aliphatic rings. The Morgan fingerprint density at radius 2 is 1.00 bits per heavy atom. The van der Waals surface area contributed by atoms with Gasteiger partial charge in [0.05, 0.1) is 0 Å². The van der Waals surface area contributed by atoms with Gasteiger partial charge in [-0.1, -0.05) is 13.8 Å². The normalized spacial score (nSPS) is 6.67. The van der Waals surface area contributed by atoms with Gasteiger partial charge in [0.15, 0.2) is 0 Å². The fourth-order valence-electron chi connectivity index (χ4n) is 0. The van der Waals surface area contributed by atoms with E-state index in [2.05, 4.69) is 0 Å². The molecule has 0 aromatic rings. The Morgan fingerprint density at radius 3 is 1.00 bits per heavy atom. The first-order valence-corrected chi connectivity index (χ1v) is 3.05. The van der Waals surface area contributed by atoms with Crippen LogP contribution in [0.2, 0.25) is 0 Å². The minimum atomic E-state index is 0. The third-order valence-electron chi connectivity index (χ3n) is 0.447. The molecule has 0 aliphatic carbocycles. The number of aliphatic hydroxyl groups is 2. The summed E-state index contributed by atoms with van der Waals surface area (Å²) in [5, 5.41) is 15.8. The van der Waals surface area contributed by atoms with E-state index >= 15 is 0 Å². The molecule has 0 bridgehead atoms. The quantitative estimate of drug-likeness (QED) is 0.614. The maximum atomic E-state index is 7.88. The first-order valence-electron chi connectivity index (χ1n) is 3.05. The Bertz CT molecular complexity index is 19.0. The van der Waals surface area contributed by atoms with Crippen LogP contribution in [0.25, 0.3) is 0 Å². The fraction of sp³-hybridized carbons (Fsp3) is 1.00. The van der Waals surface area contributed by atoms with E-state index in [1.807, 2.05) is 13.8 Å². The zero-order valence-electron chi connectivity index (χ0n) is 6.04. The van der Waals surface area contributed by atoms with Gasteiger partial charge in [0, 0.05) is 29.7 Å². The van der Waals surface area contributed by atoms with Crippen LogP contribution in [-0.2, 0) is 16.5 Å². The fourth-order valence-corrected chi connectivity index (χ4v) is 0. The number of hydrogen-bond acceptors (Lipinski definition) is 2. The van der Waals surface area contributed by atoms with Gasteiger partial charge in [-0.15, -0.1) is 0 Å². The van der Waals surface area contributed by atoms with Crippen LogP contribution in [0.3, 0.4) is 0 Å². The molecule has 0 aromatic heterocycles. The topological polar surface area (TPSA) is 40.5 Å². The van der Waals surface area contributed by atoms with Gasteiger partial charge < -0.3 is 10.2 Å². The van der Waals surface area contributed by atoms with Crippen molar-refractivity contribution in [2.24, 2.45) is 0 Å². The van der Waals surface area contributed by atoms with Crippen LogP contribution in [0.1, 0.15) is 26.7 Å². The average molecular weight is 179 g/mol. The Morgan fingerprint density at radius 1 is 0.889 bits per heavy atom. The van der Waals surface area contributed by atoms with Gasteiger partial charge in [0.2, 0.25) is 0 Å². The summed E-state index contributed by atoms with van der Waals surface area (Å²) in [5.74, 6) is 0. The summed E-state index contributed by atoms with van der Waals surface area (Å²) < 4.78 is 0. The zero-order chi connectivity index (χ0) is 6.83. The summed E-state index contributed by atoms with van der Waals surface area (Å²) in [5.41, 5.74) is 0. The van der Waals surface area contributed by atoms with Crippen LogP contribution in [0, 0.1) is 0 Å². The molecule has 0 rings (SSSR count). The van der Waals surface area contributed by atoms with Crippen LogP contribution in [0.5, 0.6) is 0 Å². The first kappa shape index (κ1) is 16.2. The molecule has 2 nitrogen and oxygen atoms in total. The van der Waals surface area contributed by atoms with E-state index in [0.29, 0.717) is 13.2 Å². The van der Waals surface area contributed by atoms with Crippen LogP contribution < -0.4 is 0 Å². The number of hydrogen-bond donors (Lipinski definition) is 2. The predicted molar refractivity (Wildman–Crippen MR) is 34.8 cm³/mol. The van der Waals surface area contributed by atoms with Crippen LogP contribution in [0.15, 0.2) is 0 Å². The van der Waals surface area contributed by atoms with E-state index in [0.717, 1.165) is 12.8 Å². The molecule has 0 saturated heterocycles. The SMILES string of the molecule is CCCO.CCCO.[Ni]. The van der Waals surface area contributed by atoms with Gasteiger partial charge in [0.1, 0.15) is 0 Å². The van der Waals surface area contributed by atoms with Crippen molar-refractivity contribution in [3.8, 4) is 0 Å². The second-order valence-corrected chi connectivity index (χ2v) is 1.45. The second-order valence-electron chi connectivity index (χ2n) is 1.45. The first-order chi connectivity index (χ1) is 3.83. The number of rotatable bonds is 2. The Kier molecular flexibility index (Phi) is 42.7. The van der Waals surface area contributed by atoms with Crippen molar-refractivity contribution in [1.82, 2.24) is 0 Å². The smallest absolute Gasteiger partial charge is 0.0428 e. The average Bonchev–Trinajstić information content (AvgIpc) is 1.88. The summed E-state index contributed by atoms with van der Waals surface area (Å²) in [6.45, 7) is 4.50. The molecule has 0 atom stereocenters. The zero-order valence-corrected chi connectivity index (χ0v) is 7.03. The van der Waals surface area contributed by atoms with Crippen molar-refractivity contribution < 1.29 is 26.7 Å². The van der Waals surface area contributed by atoms with Crippen LogP contribution >= 0.6 is 0 Å². The summed E-state index contributed by atoms with van der Waals surface area (Å²) in [6.07, 6.45) is 1.75. The van der Waals surface area contributed by atoms with E-state index in [1.165, 1.54) is 0 Å². The van der Waals surface area contributed by atoms with Crippen molar-refractivity contribution in [3.63, 3.8) is 0 Å². The summed E-state index contributed by atoms with van der Waals surface area (Å²) in [6, 6.07) is 0. The van der Waals surface area contributed by atoms with Gasteiger partial charge in [-0.05, 0) is 12.8 Å². The summed E-state index contributed by atoms with van der Waals surface area (Å²) in [7, 11) is 0. The minimum Gasteiger partial charge on any atom is -0.396 e. The van der Waals surface area contributed by atoms with Crippen molar-refractivity contribution in [3.05, 3.63) is 0 Å². The Labute approximate surface area is 67.2 Å². The van der Waals surface area contributed by atoms with E-state index in [-0.39, 0.29) is 16.5 Å². The molecule has 3 heteroatoms.